The lowest BCUT2D eigenvalue weighted by Crippen LogP contribution is -2.46. The second-order valence-corrected chi connectivity index (χ2v) is 11.4. The van der Waals surface area contributed by atoms with Crippen molar-refractivity contribution in [2.24, 2.45) is 0 Å². The Kier molecular flexibility index (Phi) is 7.17. The number of carbonyl (C=O) groups excluding carboxylic acids is 4. The van der Waals surface area contributed by atoms with Crippen LogP contribution in [0.25, 0.3) is 10.8 Å². The number of benzene rings is 3. The molecule has 4 rings (SSSR count). The van der Waals surface area contributed by atoms with Gasteiger partial charge in [0.25, 0.3) is 11.8 Å². The van der Waals surface area contributed by atoms with Crippen LogP contribution in [-0.4, -0.2) is 61.5 Å². The maximum absolute atomic E-state index is 13.1. The number of hydrogen-bond donors (Lipinski definition) is 0. The molecular formula is C25H19Cl2NO7S. The van der Waals surface area contributed by atoms with Crippen LogP contribution in [0.5, 0.6) is 0 Å². The molecule has 0 saturated heterocycles. The van der Waals surface area contributed by atoms with Gasteiger partial charge in [-0.25, -0.2) is 13.2 Å². The lowest BCUT2D eigenvalue weighted by Gasteiger charge is -2.24. The van der Waals surface area contributed by atoms with E-state index in [0.29, 0.717) is 15.8 Å². The lowest BCUT2D eigenvalue weighted by atomic mass is 10.0. The molecular weight excluding hydrogens is 529 g/mol. The molecule has 1 aliphatic heterocycles. The van der Waals surface area contributed by atoms with Crippen molar-refractivity contribution in [3.63, 3.8) is 0 Å². The summed E-state index contributed by atoms with van der Waals surface area (Å²) in [4.78, 5) is 52.6. The Labute approximate surface area is 216 Å². The number of rotatable bonds is 8. The minimum atomic E-state index is -3.56. The second-order valence-electron chi connectivity index (χ2n) is 8.28. The van der Waals surface area contributed by atoms with Crippen molar-refractivity contribution < 1.29 is 32.3 Å². The lowest BCUT2D eigenvalue weighted by molar-refractivity contribution is -0.147. The van der Waals surface area contributed by atoms with E-state index in [1.165, 1.54) is 12.1 Å². The average Bonchev–Trinajstić information content (AvgIpc) is 3.06. The van der Waals surface area contributed by atoms with Crippen molar-refractivity contribution in [2.75, 3.05) is 18.6 Å². The predicted octanol–water partition coefficient (Wildman–Crippen LogP) is 3.97. The van der Waals surface area contributed by atoms with Crippen molar-refractivity contribution in [3.05, 3.63) is 81.3 Å². The molecule has 0 aliphatic carbocycles. The Morgan fingerprint density at radius 1 is 0.944 bits per heavy atom. The highest BCUT2D eigenvalue weighted by Crippen LogP contribution is 2.33. The molecule has 0 saturated carbocycles. The van der Waals surface area contributed by atoms with Gasteiger partial charge in [0.2, 0.25) is 5.78 Å². The molecule has 0 fully saturated rings. The average molecular weight is 548 g/mol. The zero-order chi connectivity index (χ0) is 26.2. The van der Waals surface area contributed by atoms with Crippen LogP contribution in [0.15, 0.2) is 54.6 Å². The fraction of sp³-hybridized carbons (Fsp3) is 0.200. The van der Waals surface area contributed by atoms with Crippen molar-refractivity contribution >= 4 is 67.4 Å². The highest BCUT2D eigenvalue weighted by Gasteiger charge is 2.44. The van der Waals surface area contributed by atoms with E-state index in [2.05, 4.69) is 0 Å². The van der Waals surface area contributed by atoms with Gasteiger partial charge < -0.3 is 4.74 Å². The van der Waals surface area contributed by atoms with E-state index >= 15 is 0 Å². The van der Waals surface area contributed by atoms with Crippen LogP contribution < -0.4 is 0 Å². The van der Waals surface area contributed by atoms with E-state index in [4.69, 9.17) is 27.9 Å². The molecule has 0 spiro atoms. The Morgan fingerprint density at radius 3 is 2.14 bits per heavy atom. The maximum atomic E-state index is 13.1. The molecule has 186 valence electrons. The Hall–Kier alpha value is -3.27. The quantitative estimate of drug-likeness (QED) is 0.238. The van der Waals surface area contributed by atoms with Gasteiger partial charge in [0.1, 0.15) is 15.9 Å². The topological polar surface area (TPSA) is 115 Å². The van der Waals surface area contributed by atoms with Crippen LogP contribution in [0.2, 0.25) is 10.0 Å². The molecule has 0 aromatic heterocycles. The smallest absolute Gasteiger partial charge is 0.329 e. The zero-order valence-corrected chi connectivity index (χ0v) is 21.2. The fourth-order valence-corrected chi connectivity index (χ4v) is 4.97. The first-order valence-corrected chi connectivity index (χ1v) is 13.5. The van der Waals surface area contributed by atoms with Crippen LogP contribution in [-0.2, 0) is 19.4 Å². The highest BCUT2D eigenvalue weighted by molar-refractivity contribution is 7.90. The van der Waals surface area contributed by atoms with Gasteiger partial charge in [-0.05, 0) is 29.3 Å². The zero-order valence-electron chi connectivity index (χ0n) is 18.9. The number of esters is 1. The first kappa shape index (κ1) is 25.8. The van der Waals surface area contributed by atoms with Gasteiger partial charge in [0.15, 0.2) is 6.61 Å². The molecule has 3 aromatic rings. The molecule has 0 radical (unpaired) electrons. The van der Waals surface area contributed by atoms with E-state index < -0.39 is 58.2 Å². The fourth-order valence-electron chi connectivity index (χ4n) is 3.99. The molecule has 1 aliphatic rings. The summed E-state index contributed by atoms with van der Waals surface area (Å²) >= 11 is 12.0. The van der Waals surface area contributed by atoms with Gasteiger partial charge >= 0.3 is 5.97 Å². The van der Waals surface area contributed by atoms with Gasteiger partial charge in [-0.2, -0.15) is 0 Å². The second kappa shape index (κ2) is 10.0. The Bertz CT molecular complexity index is 1490. The summed E-state index contributed by atoms with van der Waals surface area (Å²) in [6, 6.07) is 13.2. The molecule has 8 nitrogen and oxygen atoms in total. The van der Waals surface area contributed by atoms with E-state index in [9.17, 15) is 27.6 Å². The molecule has 0 unspecified atom stereocenters. The molecule has 0 bridgehead atoms. The summed E-state index contributed by atoms with van der Waals surface area (Å²) in [7, 11) is -3.56. The molecule has 2 amide bonds. The molecule has 3 aromatic carbocycles. The van der Waals surface area contributed by atoms with Crippen molar-refractivity contribution in [2.45, 2.75) is 12.5 Å². The van der Waals surface area contributed by atoms with Crippen LogP contribution in [0.4, 0.5) is 0 Å². The third-order valence-electron chi connectivity index (χ3n) is 5.74. The van der Waals surface area contributed by atoms with Crippen molar-refractivity contribution in [1.82, 2.24) is 4.90 Å². The third-order valence-corrected chi connectivity index (χ3v) is 7.44. The van der Waals surface area contributed by atoms with Gasteiger partial charge in [-0.1, -0.05) is 65.7 Å². The van der Waals surface area contributed by atoms with Gasteiger partial charge in [-0.3, -0.25) is 19.3 Å². The molecule has 36 heavy (non-hydrogen) atoms. The third kappa shape index (κ3) is 5.13. The molecule has 0 N–H and O–H groups in total. The number of ether oxygens (including phenoxy) is 1. The Morgan fingerprint density at radius 2 is 1.53 bits per heavy atom. The van der Waals surface area contributed by atoms with E-state index in [1.807, 2.05) is 18.2 Å². The number of carbonyl (C=O) groups is 4. The van der Waals surface area contributed by atoms with Crippen LogP contribution in [0.3, 0.4) is 0 Å². The van der Waals surface area contributed by atoms with Crippen LogP contribution in [0, 0.1) is 0 Å². The predicted molar refractivity (Wildman–Crippen MR) is 134 cm³/mol. The summed E-state index contributed by atoms with van der Waals surface area (Å²) in [5.74, 6) is -3.77. The number of nitrogens with zero attached hydrogens (tertiary/aromatic N) is 1. The Balaban J connectivity index is 1.59. The number of halogens is 2. The van der Waals surface area contributed by atoms with E-state index in [1.54, 1.807) is 24.3 Å². The van der Waals surface area contributed by atoms with Crippen molar-refractivity contribution in [3.8, 4) is 0 Å². The summed E-state index contributed by atoms with van der Waals surface area (Å²) in [6.45, 7) is -0.664. The normalized spacial score (nSPS) is 14.1. The number of fused-ring (bicyclic) bond motifs is 2. The number of hydrogen-bond acceptors (Lipinski definition) is 7. The largest absolute Gasteiger partial charge is 0.456 e. The molecule has 11 heteroatoms. The van der Waals surface area contributed by atoms with Gasteiger partial charge in [0, 0.05) is 11.8 Å². The molecule has 1 atom stereocenters. The highest BCUT2D eigenvalue weighted by atomic mass is 35.5. The SMILES string of the molecule is CS(=O)(=O)CC[C@H](C(=O)OCC(=O)c1cccc2ccccc12)N1C(=O)c2cc(Cl)c(Cl)cc2C1=O. The number of ketones is 1. The first-order chi connectivity index (χ1) is 17.0. The minimum absolute atomic E-state index is 0.0364. The number of amides is 2. The number of imide groups is 1. The monoisotopic (exact) mass is 547 g/mol. The van der Waals surface area contributed by atoms with Crippen LogP contribution in [0.1, 0.15) is 37.5 Å². The number of sulfone groups is 1. The van der Waals surface area contributed by atoms with Gasteiger partial charge in [0.05, 0.1) is 26.9 Å². The van der Waals surface area contributed by atoms with Crippen LogP contribution >= 0.6 is 23.2 Å². The molecule has 1 heterocycles. The van der Waals surface area contributed by atoms with Gasteiger partial charge in [-0.15, -0.1) is 0 Å². The summed E-state index contributed by atoms with van der Waals surface area (Å²) in [5, 5.41) is 1.57. The minimum Gasteiger partial charge on any atom is -0.456 e. The summed E-state index contributed by atoms with van der Waals surface area (Å²) < 4.78 is 28.8. The summed E-state index contributed by atoms with van der Waals surface area (Å²) in [5.41, 5.74) is 0.190. The number of Topliss-reactive ketones (excluding diaryl/α,β-unsaturated/α-hetero) is 1. The summed E-state index contributed by atoms with van der Waals surface area (Å²) in [6.07, 6.45) is 0.550. The maximum Gasteiger partial charge on any atom is 0.329 e. The van der Waals surface area contributed by atoms with E-state index in [0.717, 1.165) is 11.6 Å². The first-order valence-electron chi connectivity index (χ1n) is 10.7. The van der Waals surface area contributed by atoms with E-state index in [-0.39, 0.29) is 21.2 Å². The standard InChI is InChI=1S/C25H19Cl2NO7S/c1-36(33,34)10-9-21(28-23(30)17-11-19(26)20(27)12-18(17)24(28)31)25(32)35-13-22(29)16-8-4-6-14-5-2-3-7-15(14)16/h2-8,11-12,21H,9-10,13H2,1H3/t21-/m1/s1. The van der Waals surface area contributed by atoms with Crippen molar-refractivity contribution in [1.29, 1.82) is 0 Å².